The molecule has 0 radical (unpaired) electrons. The number of nitrogens with one attached hydrogen (secondary N) is 3. The normalized spacial score (nSPS) is 17.3. The summed E-state index contributed by atoms with van der Waals surface area (Å²) >= 11 is 9.29. The summed E-state index contributed by atoms with van der Waals surface area (Å²) in [6, 6.07) is 13.5. The molecule has 0 bridgehead atoms. The molecule has 0 aliphatic heterocycles. The lowest BCUT2D eigenvalue weighted by Crippen LogP contribution is -2.35. The van der Waals surface area contributed by atoms with Gasteiger partial charge in [0.25, 0.3) is 11.8 Å². The topological polar surface area (TPSA) is 116 Å². The second kappa shape index (κ2) is 8.47. The minimum atomic E-state index is -0.785. The van der Waals surface area contributed by atoms with Gasteiger partial charge in [-0.05, 0) is 39.2 Å². The molecule has 2 atom stereocenters. The quantitative estimate of drug-likeness (QED) is 0.443. The number of fused-ring (bicyclic) bond motifs is 1. The second-order valence-electron chi connectivity index (χ2n) is 6.63. The molecule has 3 aromatic rings. The molecule has 2 amide bonds. The third-order valence-electron chi connectivity index (χ3n) is 4.70. The van der Waals surface area contributed by atoms with Crippen LogP contribution in [-0.2, 0) is 6.42 Å². The summed E-state index contributed by atoms with van der Waals surface area (Å²) in [4.78, 5) is 24.7. The molecule has 1 aliphatic carbocycles. The van der Waals surface area contributed by atoms with Crippen molar-refractivity contribution >= 4 is 45.3 Å². The van der Waals surface area contributed by atoms with Crippen LogP contribution in [0.25, 0.3) is 0 Å². The van der Waals surface area contributed by atoms with Crippen LogP contribution in [0, 0.1) is 0 Å². The first-order chi connectivity index (χ1) is 14.4. The van der Waals surface area contributed by atoms with Crippen LogP contribution in [0.15, 0.2) is 53.0 Å². The van der Waals surface area contributed by atoms with Gasteiger partial charge in [-0.2, -0.15) is 0 Å². The number of aliphatic hydroxyl groups is 1. The number of amides is 2. The molecule has 2 aromatic carbocycles. The van der Waals surface area contributed by atoms with Gasteiger partial charge in [-0.15, -0.1) is 5.10 Å². The van der Waals surface area contributed by atoms with E-state index in [4.69, 9.17) is 16.3 Å². The monoisotopic (exact) mass is 490 g/mol. The zero-order valence-corrected chi connectivity index (χ0v) is 17.7. The van der Waals surface area contributed by atoms with Crippen LogP contribution in [0.2, 0.25) is 5.02 Å². The van der Waals surface area contributed by atoms with Crippen molar-refractivity contribution in [2.75, 3.05) is 5.32 Å². The molecule has 154 valence electrons. The SMILES string of the molecule is O=C(N[C@H]1c2ccccc2C[C@H]1O)Oc1n[nH]c(NC(=O)c2ccccc2Cl)c1Br. The van der Waals surface area contributed by atoms with Gasteiger partial charge in [0.2, 0.25) is 0 Å². The van der Waals surface area contributed by atoms with E-state index in [1.54, 1.807) is 24.3 Å². The maximum Gasteiger partial charge on any atom is 0.414 e. The van der Waals surface area contributed by atoms with Gasteiger partial charge in [0.15, 0.2) is 0 Å². The number of carbonyl (C=O) groups is 2. The van der Waals surface area contributed by atoms with Gasteiger partial charge in [-0.1, -0.05) is 48.0 Å². The predicted octanol–water partition coefficient (Wildman–Crippen LogP) is 3.82. The first kappa shape index (κ1) is 20.4. The van der Waals surface area contributed by atoms with Crippen LogP contribution in [0.4, 0.5) is 10.6 Å². The zero-order valence-electron chi connectivity index (χ0n) is 15.4. The molecule has 0 saturated heterocycles. The van der Waals surface area contributed by atoms with Crippen LogP contribution in [0.1, 0.15) is 27.5 Å². The van der Waals surface area contributed by atoms with Gasteiger partial charge in [0.1, 0.15) is 10.3 Å². The van der Waals surface area contributed by atoms with Crippen molar-refractivity contribution in [1.82, 2.24) is 15.5 Å². The molecule has 10 heteroatoms. The molecule has 4 rings (SSSR count). The van der Waals surface area contributed by atoms with E-state index in [9.17, 15) is 14.7 Å². The van der Waals surface area contributed by atoms with E-state index in [1.807, 2.05) is 24.3 Å². The Labute approximate surface area is 184 Å². The summed E-state index contributed by atoms with van der Waals surface area (Å²) in [5.74, 6) is -0.316. The molecular formula is C20H16BrClN4O4. The van der Waals surface area contributed by atoms with E-state index in [2.05, 4.69) is 36.8 Å². The van der Waals surface area contributed by atoms with Gasteiger partial charge in [-0.25, -0.2) is 4.79 Å². The largest absolute Gasteiger partial charge is 0.414 e. The van der Waals surface area contributed by atoms with Gasteiger partial charge in [0.05, 0.1) is 22.7 Å². The van der Waals surface area contributed by atoms with Crippen LogP contribution in [0.3, 0.4) is 0 Å². The van der Waals surface area contributed by atoms with Crippen molar-refractivity contribution in [1.29, 1.82) is 0 Å². The van der Waals surface area contributed by atoms with Crippen LogP contribution in [0.5, 0.6) is 5.88 Å². The predicted molar refractivity (Wildman–Crippen MR) is 114 cm³/mol. The highest BCUT2D eigenvalue weighted by atomic mass is 79.9. The van der Waals surface area contributed by atoms with Gasteiger partial charge in [0, 0.05) is 6.42 Å². The molecule has 1 aliphatic rings. The van der Waals surface area contributed by atoms with Crippen molar-refractivity contribution in [3.05, 3.63) is 74.7 Å². The number of aromatic nitrogens is 2. The van der Waals surface area contributed by atoms with E-state index in [0.717, 1.165) is 11.1 Å². The number of hydrogen-bond acceptors (Lipinski definition) is 5. The fourth-order valence-corrected chi connectivity index (χ4v) is 3.86. The highest BCUT2D eigenvalue weighted by Crippen LogP contribution is 2.33. The van der Waals surface area contributed by atoms with E-state index >= 15 is 0 Å². The average molecular weight is 492 g/mol. The Morgan fingerprint density at radius 3 is 2.73 bits per heavy atom. The highest BCUT2D eigenvalue weighted by Gasteiger charge is 2.32. The third-order valence-corrected chi connectivity index (χ3v) is 5.77. The standard InChI is InChI=1S/C20H16BrClN4O4/c21-15-17(24-18(28)12-7-3-4-8-13(12)22)25-26-19(15)30-20(29)23-16-11-6-2-1-5-10(11)9-14(16)27/h1-8,14,16,27H,9H2,(H,23,29)(H2,24,25,26,28)/t14-,16+/m1/s1. The molecule has 1 heterocycles. The summed E-state index contributed by atoms with van der Waals surface area (Å²) in [5, 5.41) is 22.3. The fourth-order valence-electron chi connectivity index (χ4n) is 3.28. The number of nitrogens with zero attached hydrogens (tertiary/aromatic N) is 1. The van der Waals surface area contributed by atoms with Crippen molar-refractivity contribution in [2.45, 2.75) is 18.6 Å². The maximum atomic E-state index is 12.4. The van der Waals surface area contributed by atoms with E-state index in [0.29, 0.717) is 11.4 Å². The Kier molecular flexibility index (Phi) is 5.76. The van der Waals surface area contributed by atoms with Crippen molar-refractivity contribution in [3.63, 3.8) is 0 Å². The van der Waals surface area contributed by atoms with Gasteiger partial charge < -0.3 is 20.5 Å². The minimum absolute atomic E-state index is 0.0669. The Bertz CT molecular complexity index is 1120. The summed E-state index contributed by atoms with van der Waals surface area (Å²) < 4.78 is 5.49. The average Bonchev–Trinajstić information content (AvgIpc) is 3.22. The Morgan fingerprint density at radius 1 is 1.20 bits per heavy atom. The molecule has 1 aromatic heterocycles. The van der Waals surface area contributed by atoms with Crippen molar-refractivity contribution < 1.29 is 19.4 Å². The summed E-state index contributed by atoms with van der Waals surface area (Å²) in [6.45, 7) is 0. The Morgan fingerprint density at radius 2 is 1.93 bits per heavy atom. The number of carbonyl (C=O) groups excluding carboxylic acids is 2. The summed E-state index contributed by atoms with van der Waals surface area (Å²) in [6.07, 6.45) is -1.08. The van der Waals surface area contributed by atoms with Crippen LogP contribution < -0.4 is 15.4 Å². The number of rotatable bonds is 4. The first-order valence-corrected chi connectivity index (χ1v) is 10.1. The molecule has 0 saturated carbocycles. The Hall–Kier alpha value is -2.88. The van der Waals surface area contributed by atoms with Crippen molar-refractivity contribution in [3.8, 4) is 5.88 Å². The molecular weight excluding hydrogens is 476 g/mol. The number of aliphatic hydroxyl groups excluding tert-OH is 1. The minimum Gasteiger partial charge on any atom is -0.390 e. The first-order valence-electron chi connectivity index (χ1n) is 8.98. The number of hydrogen-bond donors (Lipinski definition) is 4. The lowest BCUT2D eigenvalue weighted by Gasteiger charge is -2.17. The number of benzene rings is 2. The van der Waals surface area contributed by atoms with E-state index in [1.165, 1.54) is 0 Å². The Balaban J connectivity index is 1.42. The number of aromatic amines is 1. The summed E-state index contributed by atoms with van der Waals surface area (Å²) in [7, 11) is 0. The molecule has 30 heavy (non-hydrogen) atoms. The van der Waals surface area contributed by atoms with Crippen molar-refractivity contribution in [2.24, 2.45) is 0 Å². The van der Waals surface area contributed by atoms with E-state index < -0.39 is 24.1 Å². The van der Waals surface area contributed by atoms with Crippen LogP contribution in [-0.4, -0.2) is 33.4 Å². The second-order valence-corrected chi connectivity index (χ2v) is 7.83. The van der Waals surface area contributed by atoms with E-state index in [-0.39, 0.29) is 21.7 Å². The van der Waals surface area contributed by atoms with Crippen LogP contribution >= 0.6 is 27.5 Å². The van der Waals surface area contributed by atoms with Gasteiger partial charge in [-0.3, -0.25) is 9.89 Å². The number of H-pyrrole nitrogens is 1. The lowest BCUT2D eigenvalue weighted by molar-refractivity contribution is 0.102. The highest BCUT2D eigenvalue weighted by molar-refractivity contribution is 9.10. The van der Waals surface area contributed by atoms with Gasteiger partial charge >= 0.3 is 6.09 Å². The summed E-state index contributed by atoms with van der Waals surface area (Å²) in [5.41, 5.74) is 2.10. The molecule has 0 unspecified atom stereocenters. The fraction of sp³-hybridized carbons (Fsp3) is 0.150. The molecule has 8 nitrogen and oxygen atoms in total. The lowest BCUT2D eigenvalue weighted by atomic mass is 10.1. The number of anilines is 1. The number of ether oxygens (including phenoxy) is 1. The molecule has 0 fully saturated rings. The molecule has 0 spiro atoms. The maximum absolute atomic E-state index is 12.4. The molecule has 4 N–H and O–H groups in total. The third kappa shape index (κ3) is 4.04. The zero-order chi connectivity index (χ0) is 21.3. The number of halogens is 2. The smallest absolute Gasteiger partial charge is 0.390 e.